The van der Waals surface area contributed by atoms with E-state index in [4.69, 9.17) is 10.5 Å². The fourth-order valence-electron chi connectivity index (χ4n) is 2.00. The van der Waals surface area contributed by atoms with Gasteiger partial charge in [-0.25, -0.2) is 4.79 Å². The predicted octanol–water partition coefficient (Wildman–Crippen LogP) is 0.438. The van der Waals surface area contributed by atoms with E-state index in [1.807, 2.05) is 30.3 Å². The summed E-state index contributed by atoms with van der Waals surface area (Å²) in [6.07, 6.45) is 2.19. The highest BCUT2D eigenvalue weighted by Crippen LogP contribution is 2.08. The Hall–Kier alpha value is -2.34. The molecule has 0 radical (unpaired) electrons. The van der Waals surface area contributed by atoms with E-state index in [1.165, 1.54) is 16.8 Å². The average Bonchev–Trinajstić information content (AvgIpc) is 2.51. The Morgan fingerprint density at radius 1 is 1.05 bits per heavy atom. The lowest BCUT2D eigenvalue weighted by Gasteiger charge is -2.10. The van der Waals surface area contributed by atoms with Gasteiger partial charge >= 0.3 is 5.69 Å². The third-order valence-corrected chi connectivity index (χ3v) is 3.05. The number of nitrogens with zero attached hydrogens (tertiary/aromatic N) is 2. The van der Waals surface area contributed by atoms with Crippen molar-refractivity contribution in [3.63, 3.8) is 0 Å². The molecule has 2 N–H and O–H groups in total. The van der Waals surface area contributed by atoms with Gasteiger partial charge in [0.2, 0.25) is 0 Å². The molecule has 0 fully saturated rings. The number of rotatable bonds is 7. The Morgan fingerprint density at radius 3 is 2.52 bits per heavy atom. The number of aromatic nitrogens is 2. The number of hydrogen-bond acceptors (Lipinski definition) is 4. The number of benzene rings is 1. The van der Waals surface area contributed by atoms with Crippen LogP contribution in [0.25, 0.3) is 0 Å². The van der Waals surface area contributed by atoms with E-state index in [1.54, 1.807) is 0 Å². The summed E-state index contributed by atoms with van der Waals surface area (Å²) in [5, 5.41) is 0. The highest BCUT2D eigenvalue weighted by molar-refractivity contribution is 5.20. The van der Waals surface area contributed by atoms with Crippen molar-refractivity contribution < 1.29 is 4.74 Å². The molecular formula is C15H19N3O3. The van der Waals surface area contributed by atoms with Crippen molar-refractivity contribution in [3.05, 3.63) is 63.4 Å². The predicted molar refractivity (Wildman–Crippen MR) is 80.6 cm³/mol. The summed E-state index contributed by atoms with van der Waals surface area (Å²) in [6, 6.07) is 10.9. The lowest BCUT2D eigenvalue weighted by molar-refractivity contribution is 0.299. The van der Waals surface area contributed by atoms with Gasteiger partial charge in [0.25, 0.3) is 5.56 Å². The van der Waals surface area contributed by atoms with Gasteiger partial charge in [-0.15, -0.1) is 0 Å². The molecule has 1 aromatic carbocycles. The SMILES string of the molecule is NCCn1c(=O)ccn(CCCOc2ccccc2)c1=O. The first-order chi connectivity index (χ1) is 10.2. The Morgan fingerprint density at radius 2 is 1.81 bits per heavy atom. The molecule has 2 rings (SSSR count). The monoisotopic (exact) mass is 289 g/mol. The smallest absolute Gasteiger partial charge is 0.331 e. The summed E-state index contributed by atoms with van der Waals surface area (Å²) in [5.74, 6) is 0.804. The van der Waals surface area contributed by atoms with Crippen molar-refractivity contribution in [1.29, 1.82) is 0 Å². The first kappa shape index (κ1) is 15.1. The van der Waals surface area contributed by atoms with Crippen LogP contribution in [0.4, 0.5) is 0 Å². The minimum Gasteiger partial charge on any atom is -0.494 e. The number of ether oxygens (including phenoxy) is 1. The standard InChI is InChI=1S/C15H19N3O3/c16-8-11-18-14(19)7-10-17(15(18)20)9-4-12-21-13-5-2-1-3-6-13/h1-3,5-7,10H,4,8-9,11-12,16H2. The summed E-state index contributed by atoms with van der Waals surface area (Å²) in [4.78, 5) is 23.6. The molecule has 6 nitrogen and oxygen atoms in total. The fraction of sp³-hybridized carbons (Fsp3) is 0.333. The zero-order valence-electron chi connectivity index (χ0n) is 11.8. The Bertz CT molecular complexity index is 677. The highest BCUT2D eigenvalue weighted by atomic mass is 16.5. The molecule has 0 atom stereocenters. The van der Waals surface area contributed by atoms with E-state index >= 15 is 0 Å². The van der Waals surface area contributed by atoms with E-state index in [0.717, 1.165) is 10.3 Å². The highest BCUT2D eigenvalue weighted by Gasteiger charge is 2.04. The van der Waals surface area contributed by atoms with Crippen molar-refractivity contribution in [1.82, 2.24) is 9.13 Å². The Kier molecular flexibility index (Phi) is 5.34. The fourth-order valence-corrected chi connectivity index (χ4v) is 2.00. The van der Waals surface area contributed by atoms with Crippen LogP contribution in [-0.4, -0.2) is 22.3 Å². The van der Waals surface area contributed by atoms with Gasteiger partial charge in [0.05, 0.1) is 6.61 Å². The zero-order chi connectivity index (χ0) is 15.1. The Labute approximate surface area is 122 Å². The summed E-state index contributed by atoms with van der Waals surface area (Å²) < 4.78 is 8.22. The molecule has 0 spiro atoms. The number of aryl methyl sites for hydroxylation is 1. The number of para-hydroxylation sites is 1. The molecule has 1 aromatic heterocycles. The normalized spacial score (nSPS) is 10.5. The van der Waals surface area contributed by atoms with Gasteiger partial charge in [-0.3, -0.25) is 9.36 Å². The molecule has 0 aliphatic heterocycles. The minimum absolute atomic E-state index is 0.235. The molecular weight excluding hydrogens is 270 g/mol. The third kappa shape index (κ3) is 4.06. The maximum Gasteiger partial charge on any atom is 0.331 e. The largest absolute Gasteiger partial charge is 0.494 e. The molecule has 112 valence electrons. The summed E-state index contributed by atoms with van der Waals surface area (Å²) in [6.45, 7) is 1.50. The molecule has 0 saturated heterocycles. The van der Waals surface area contributed by atoms with Crippen molar-refractivity contribution in [2.45, 2.75) is 19.5 Å². The van der Waals surface area contributed by atoms with Crippen molar-refractivity contribution in [3.8, 4) is 5.75 Å². The van der Waals surface area contributed by atoms with Crippen molar-refractivity contribution in [2.75, 3.05) is 13.2 Å². The third-order valence-electron chi connectivity index (χ3n) is 3.05. The van der Waals surface area contributed by atoms with E-state index in [2.05, 4.69) is 0 Å². The molecule has 21 heavy (non-hydrogen) atoms. The van der Waals surface area contributed by atoms with Gasteiger partial charge < -0.3 is 15.0 Å². The van der Waals surface area contributed by atoms with Gasteiger partial charge in [0.15, 0.2) is 0 Å². The molecule has 0 unspecified atom stereocenters. The molecule has 6 heteroatoms. The second kappa shape index (κ2) is 7.44. The van der Waals surface area contributed by atoms with Crippen molar-refractivity contribution >= 4 is 0 Å². The van der Waals surface area contributed by atoms with Crippen LogP contribution in [-0.2, 0) is 13.1 Å². The van der Waals surface area contributed by atoms with Gasteiger partial charge in [-0.1, -0.05) is 18.2 Å². The lowest BCUT2D eigenvalue weighted by Crippen LogP contribution is -2.40. The van der Waals surface area contributed by atoms with Crippen LogP contribution in [0.5, 0.6) is 5.75 Å². The molecule has 2 aromatic rings. The van der Waals surface area contributed by atoms with Gasteiger partial charge in [-0.2, -0.15) is 0 Å². The first-order valence-electron chi connectivity index (χ1n) is 6.90. The van der Waals surface area contributed by atoms with E-state index < -0.39 is 0 Å². The van der Waals surface area contributed by atoms with Crippen LogP contribution >= 0.6 is 0 Å². The summed E-state index contributed by atoms with van der Waals surface area (Å²) in [7, 11) is 0. The van der Waals surface area contributed by atoms with Crippen LogP contribution in [0.1, 0.15) is 6.42 Å². The molecule has 0 saturated carbocycles. The summed E-state index contributed by atoms with van der Waals surface area (Å²) >= 11 is 0. The van der Waals surface area contributed by atoms with Crippen molar-refractivity contribution in [2.24, 2.45) is 5.73 Å². The number of hydrogen-bond donors (Lipinski definition) is 1. The van der Waals surface area contributed by atoms with E-state index in [0.29, 0.717) is 19.6 Å². The molecule has 0 aliphatic carbocycles. The molecule has 1 heterocycles. The van der Waals surface area contributed by atoms with Gasteiger partial charge in [-0.05, 0) is 18.6 Å². The Balaban J connectivity index is 1.93. The maximum atomic E-state index is 12.1. The zero-order valence-corrected chi connectivity index (χ0v) is 11.8. The van der Waals surface area contributed by atoms with Crippen LogP contribution in [0.15, 0.2) is 52.2 Å². The van der Waals surface area contributed by atoms with Crippen LogP contribution < -0.4 is 21.7 Å². The van der Waals surface area contributed by atoms with E-state index in [9.17, 15) is 9.59 Å². The van der Waals surface area contributed by atoms with Crippen LogP contribution in [0.2, 0.25) is 0 Å². The average molecular weight is 289 g/mol. The molecule has 0 amide bonds. The lowest BCUT2D eigenvalue weighted by atomic mass is 10.3. The first-order valence-corrected chi connectivity index (χ1v) is 6.90. The second-order valence-electron chi connectivity index (χ2n) is 4.59. The second-order valence-corrected chi connectivity index (χ2v) is 4.59. The minimum atomic E-state index is -0.326. The molecule has 0 aliphatic rings. The molecule has 0 bridgehead atoms. The van der Waals surface area contributed by atoms with Crippen LogP contribution in [0, 0.1) is 0 Å². The van der Waals surface area contributed by atoms with E-state index in [-0.39, 0.29) is 24.3 Å². The van der Waals surface area contributed by atoms with Crippen LogP contribution in [0.3, 0.4) is 0 Å². The number of nitrogens with two attached hydrogens (primary N) is 1. The van der Waals surface area contributed by atoms with Gasteiger partial charge in [0.1, 0.15) is 5.75 Å². The van der Waals surface area contributed by atoms with Gasteiger partial charge in [0, 0.05) is 31.9 Å². The maximum absolute atomic E-state index is 12.1. The topological polar surface area (TPSA) is 79.2 Å². The summed E-state index contributed by atoms with van der Waals surface area (Å²) in [5.41, 5.74) is 4.76. The quantitative estimate of drug-likeness (QED) is 0.750.